The van der Waals surface area contributed by atoms with Crippen LogP contribution < -0.4 is 14.8 Å². The summed E-state index contributed by atoms with van der Waals surface area (Å²) in [6.45, 7) is 4.96. The Labute approximate surface area is 162 Å². The fourth-order valence-electron chi connectivity index (χ4n) is 2.19. The maximum atomic E-state index is 9.34. The molecule has 6 heteroatoms. The lowest BCUT2D eigenvalue weighted by Gasteiger charge is -2.24. The number of aliphatic hydroxyl groups excluding tert-OH is 1. The van der Waals surface area contributed by atoms with Crippen LogP contribution in [0.5, 0.6) is 11.5 Å². The van der Waals surface area contributed by atoms with Crippen molar-refractivity contribution in [2.24, 2.45) is 0 Å². The summed E-state index contributed by atoms with van der Waals surface area (Å²) in [6.07, 6.45) is 0. The molecule has 2 aromatic carbocycles. The van der Waals surface area contributed by atoms with Gasteiger partial charge in [0, 0.05) is 17.1 Å². The third kappa shape index (κ3) is 5.89. The van der Waals surface area contributed by atoms with Crippen molar-refractivity contribution in [2.45, 2.75) is 32.5 Å². The quantitative estimate of drug-likeness (QED) is 0.647. The minimum Gasteiger partial charge on any atom is -0.493 e. The van der Waals surface area contributed by atoms with Crippen molar-refractivity contribution >= 4 is 27.5 Å². The van der Waals surface area contributed by atoms with Crippen LogP contribution in [0.4, 0.5) is 0 Å². The highest BCUT2D eigenvalue weighted by molar-refractivity contribution is 9.10. The Balaban J connectivity index is 2.13. The summed E-state index contributed by atoms with van der Waals surface area (Å²) in [7, 11) is 1.61. The van der Waals surface area contributed by atoms with Gasteiger partial charge in [-0.3, -0.25) is 0 Å². The third-order valence-corrected chi connectivity index (χ3v) is 4.55. The van der Waals surface area contributed by atoms with E-state index in [0.29, 0.717) is 29.7 Å². The summed E-state index contributed by atoms with van der Waals surface area (Å²) < 4.78 is 12.2. The highest BCUT2D eigenvalue weighted by atomic mass is 79.9. The fourth-order valence-corrected chi connectivity index (χ4v) is 3.01. The zero-order chi connectivity index (χ0) is 18.4. The van der Waals surface area contributed by atoms with E-state index >= 15 is 0 Å². The smallest absolute Gasteiger partial charge is 0.175 e. The Morgan fingerprint density at radius 1 is 1.20 bits per heavy atom. The Bertz CT molecular complexity index is 722. The molecule has 0 aliphatic rings. The van der Waals surface area contributed by atoms with Crippen LogP contribution in [0, 0.1) is 0 Å². The minimum atomic E-state index is -0.346. The SMILES string of the molecule is COc1cc(CNC(C)(C)CO)cc(Br)c1OCc1cccc(Cl)c1. The van der Waals surface area contributed by atoms with E-state index in [0.717, 1.165) is 15.6 Å². The van der Waals surface area contributed by atoms with Gasteiger partial charge in [-0.15, -0.1) is 0 Å². The molecule has 0 aliphatic heterocycles. The Kier molecular flexibility index (Phi) is 7.14. The van der Waals surface area contributed by atoms with Crippen molar-refractivity contribution in [3.8, 4) is 11.5 Å². The van der Waals surface area contributed by atoms with Gasteiger partial charge in [0.1, 0.15) is 6.61 Å². The maximum absolute atomic E-state index is 9.34. The van der Waals surface area contributed by atoms with E-state index in [1.54, 1.807) is 7.11 Å². The third-order valence-electron chi connectivity index (χ3n) is 3.73. The number of hydrogen-bond acceptors (Lipinski definition) is 4. The zero-order valence-corrected chi connectivity index (χ0v) is 16.9. The molecule has 0 fully saturated rings. The lowest BCUT2D eigenvalue weighted by atomic mass is 10.1. The summed E-state index contributed by atoms with van der Waals surface area (Å²) in [4.78, 5) is 0. The van der Waals surface area contributed by atoms with Crippen LogP contribution in [0.3, 0.4) is 0 Å². The molecule has 0 heterocycles. The molecule has 0 spiro atoms. The highest BCUT2D eigenvalue weighted by Crippen LogP contribution is 2.37. The molecular formula is C19H23BrClNO3. The van der Waals surface area contributed by atoms with Crippen molar-refractivity contribution in [2.75, 3.05) is 13.7 Å². The minimum absolute atomic E-state index is 0.0616. The number of rotatable bonds is 8. The van der Waals surface area contributed by atoms with Crippen LogP contribution in [0.15, 0.2) is 40.9 Å². The molecule has 2 rings (SSSR count). The number of nitrogens with one attached hydrogen (secondary N) is 1. The Hall–Kier alpha value is -1.27. The average molecular weight is 429 g/mol. The van der Waals surface area contributed by atoms with Crippen LogP contribution in [-0.2, 0) is 13.2 Å². The van der Waals surface area contributed by atoms with Crippen molar-refractivity contribution in [1.82, 2.24) is 5.32 Å². The van der Waals surface area contributed by atoms with Gasteiger partial charge in [0.05, 0.1) is 18.2 Å². The van der Waals surface area contributed by atoms with Gasteiger partial charge < -0.3 is 19.9 Å². The van der Waals surface area contributed by atoms with Crippen molar-refractivity contribution in [1.29, 1.82) is 0 Å². The lowest BCUT2D eigenvalue weighted by molar-refractivity contribution is 0.187. The van der Waals surface area contributed by atoms with Gasteiger partial charge in [-0.1, -0.05) is 23.7 Å². The van der Waals surface area contributed by atoms with Gasteiger partial charge in [0.25, 0.3) is 0 Å². The Morgan fingerprint density at radius 3 is 2.60 bits per heavy atom. The van der Waals surface area contributed by atoms with Crippen LogP contribution in [0.1, 0.15) is 25.0 Å². The fraction of sp³-hybridized carbons (Fsp3) is 0.368. The first-order valence-electron chi connectivity index (χ1n) is 7.94. The molecule has 0 unspecified atom stereocenters. The predicted octanol–water partition coefficient (Wildman–Crippen LogP) is 4.55. The Morgan fingerprint density at radius 2 is 1.96 bits per heavy atom. The summed E-state index contributed by atoms with van der Waals surface area (Å²) in [5.41, 5.74) is 1.67. The first-order valence-corrected chi connectivity index (χ1v) is 9.11. The second kappa shape index (κ2) is 8.90. The number of aliphatic hydroxyl groups is 1. The molecule has 0 atom stereocenters. The number of halogens is 2. The van der Waals surface area contributed by atoms with E-state index in [1.165, 1.54) is 0 Å². The van der Waals surface area contributed by atoms with Gasteiger partial charge in [-0.25, -0.2) is 0 Å². The van der Waals surface area contributed by atoms with E-state index in [4.69, 9.17) is 21.1 Å². The molecule has 0 saturated heterocycles. The van der Waals surface area contributed by atoms with Crippen LogP contribution >= 0.6 is 27.5 Å². The van der Waals surface area contributed by atoms with Crippen molar-refractivity contribution in [3.05, 3.63) is 57.0 Å². The van der Waals surface area contributed by atoms with Crippen LogP contribution in [0.25, 0.3) is 0 Å². The van der Waals surface area contributed by atoms with Gasteiger partial charge >= 0.3 is 0 Å². The van der Waals surface area contributed by atoms with E-state index in [-0.39, 0.29) is 12.1 Å². The molecular weight excluding hydrogens is 406 g/mol. The second-order valence-electron chi connectivity index (χ2n) is 6.42. The van der Waals surface area contributed by atoms with Crippen LogP contribution in [-0.4, -0.2) is 24.4 Å². The van der Waals surface area contributed by atoms with Gasteiger partial charge in [0.2, 0.25) is 0 Å². The second-order valence-corrected chi connectivity index (χ2v) is 7.71. The number of ether oxygens (including phenoxy) is 2. The summed E-state index contributed by atoms with van der Waals surface area (Å²) in [5, 5.41) is 13.3. The number of methoxy groups -OCH3 is 1. The number of hydrogen-bond donors (Lipinski definition) is 2. The molecule has 0 amide bonds. The largest absolute Gasteiger partial charge is 0.493 e. The molecule has 2 N–H and O–H groups in total. The normalized spacial score (nSPS) is 11.4. The van der Waals surface area contributed by atoms with E-state index < -0.39 is 0 Å². The maximum Gasteiger partial charge on any atom is 0.175 e. The molecule has 0 bridgehead atoms. The topological polar surface area (TPSA) is 50.7 Å². The van der Waals surface area contributed by atoms with Crippen LogP contribution in [0.2, 0.25) is 5.02 Å². The molecule has 0 aromatic heterocycles. The van der Waals surface area contributed by atoms with E-state index in [1.807, 2.05) is 50.2 Å². The monoisotopic (exact) mass is 427 g/mol. The molecule has 0 radical (unpaired) electrons. The predicted molar refractivity (Wildman–Crippen MR) is 104 cm³/mol. The molecule has 25 heavy (non-hydrogen) atoms. The first kappa shape index (κ1) is 20.0. The summed E-state index contributed by atoms with van der Waals surface area (Å²) in [6, 6.07) is 11.5. The van der Waals surface area contributed by atoms with Crippen molar-refractivity contribution < 1.29 is 14.6 Å². The zero-order valence-electron chi connectivity index (χ0n) is 14.6. The summed E-state index contributed by atoms with van der Waals surface area (Å²) in [5.74, 6) is 1.29. The lowest BCUT2D eigenvalue weighted by Crippen LogP contribution is -2.42. The first-order chi connectivity index (χ1) is 11.8. The standard InChI is InChI=1S/C19H23BrClNO3/c1-19(2,12-23)22-10-14-8-16(20)18(17(9-14)24-3)25-11-13-5-4-6-15(21)7-13/h4-9,22-23H,10-12H2,1-3H3. The molecule has 4 nitrogen and oxygen atoms in total. The summed E-state index contributed by atoms with van der Waals surface area (Å²) >= 11 is 9.56. The van der Waals surface area contributed by atoms with E-state index in [2.05, 4.69) is 21.2 Å². The molecule has 0 aliphatic carbocycles. The molecule has 2 aromatic rings. The van der Waals surface area contributed by atoms with Gasteiger partial charge in [0.15, 0.2) is 11.5 Å². The number of benzene rings is 2. The van der Waals surface area contributed by atoms with Gasteiger partial charge in [-0.05, 0) is 65.2 Å². The van der Waals surface area contributed by atoms with Crippen molar-refractivity contribution in [3.63, 3.8) is 0 Å². The molecule has 136 valence electrons. The average Bonchev–Trinajstić information content (AvgIpc) is 2.58. The molecule has 0 saturated carbocycles. The van der Waals surface area contributed by atoms with Gasteiger partial charge in [-0.2, -0.15) is 0 Å². The van der Waals surface area contributed by atoms with E-state index in [9.17, 15) is 5.11 Å². The highest BCUT2D eigenvalue weighted by Gasteiger charge is 2.17.